The van der Waals surface area contributed by atoms with E-state index in [2.05, 4.69) is 5.32 Å². The van der Waals surface area contributed by atoms with Gasteiger partial charge in [-0.15, -0.1) is 0 Å². The summed E-state index contributed by atoms with van der Waals surface area (Å²) in [5.74, 6) is -1.76. The predicted molar refractivity (Wildman–Crippen MR) is 89.6 cm³/mol. The van der Waals surface area contributed by atoms with E-state index in [1.54, 1.807) is 6.07 Å². The second-order valence-corrected chi connectivity index (χ2v) is 6.37. The van der Waals surface area contributed by atoms with Gasteiger partial charge in [0.1, 0.15) is 11.4 Å². The molecular formula is C17H19FN3NaO3. The van der Waals surface area contributed by atoms with E-state index in [1.807, 2.05) is 9.47 Å². The topological polar surface area (TPSA) is 74.6 Å². The van der Waals surface area contributed by atoms with Crippen LogP contribution in [-0.4, -0.2) is 41.8 Å². The molecule has 8 heteroatoms. The molecule has 1 aromatic carbocycles. The Morgan fingerprint density at radius 2 is 1.96 bits per heavy atom. The molecule has 6 nitrogen and oxygen atoms in total. The number of carbonyl (C=O) groups is 1. The van der Waals surface area contributed by atoms with E-state index in [1.165, 1.54) is 12.3 Å². The van der Waals surface area contributed by atoms with Gasteiger partial charge >= 0.3 is 35.5 Å². The fourth-order valence-corrected chi connectivity index (χ4v) is 3.31. The summed E-state index contributed by atoms with van der Waals surface area (Å²) in [6.07, 6.45) is 3.29. The molecule has 0 radical (unpaired) electrons. The molecule has 0 amide bonds. The monoisotopic (exact) mass is 355 g/mol. The van der Waals surface area contributed by atoms with E-state index in [0.29, 0.717) is 24.3 Å². The molecule has 1 aliphatic carbocycles. The molecule has 25 heavy (non-hydrogen) atoms. The van der Waals surface area contributed by atoms with Crippen molar-refractivity contribution in [2.24, 2.45) is 0 Å². The number of hydrogen-bond acceptors (Lipinski definition) is 4. The Hall–Kier alpha value is -1.41. The number of anilines is 1. The molecule has 2 aliphatic rings. The van der Waals surface area contributed by atoms with E-state index < -0.39 is 17.2 Å². The molecule has 128 valence electrons. The first kappa shape index (κ1) is 18.4. The van der Waals surface area contributed by atoms with Crippen molar-refractivity contribution >= 4 is 22.6 Å². The SMILES string of the molecule is O=C(O)c1cn(C2CC2)c2cc(N3CCNCC3)c(F)cc2c1=O.[H-].[Na+]. The molecule has 1 saturated carbocycles. The summed E-state index contributed by atoms with van der Waals surface area (Å²) in [6, 6.07) is 3.08. The molecule has 1 aliphatic heterocycles. The number of benzene rings is 1. The first-order chi connectivity index (χ1) is 11.6. The molecule has 1 aromatic heterocycles. The molecule has 0 unspecified atom stereocenters. The maximum atomic E-state index is 14.6. The Kier molecular flexibility index (Phi) is 5.20. The first-order valence-corrected chi connectivity index (χ1v) is 8.13. The second-order valence-electron chi connectivity index (χ2n) is 6.37. The summed E-state index contributed by atoms with van der Waals surface area (Å²) in [7, 11) is 0. The van der Waals surface area contributed by atoms with Crippen LogP contribution >= 0.6 is 0 Å². The van der Waals surface area contributed by atoms with Crippen molar-refractivity contribution in [3.63, 3.8) is 0 Å². The molecular weight excluding hydrogens is 336 g/mol. The van der Waals surface area contributed by atoms with Crippen LogP contribution in [0.3, 0.4) is 0 Å². The van der Waals surface area contributed by atoms with E-state index in [0.717, 1.165) is 25.9 Å². The van der Waals surface area contributed by atoms with Gasteiger partial charge in [0.15, 0.2) is 0 Å². The van der Waals surface area contributed by atoms with Crippen LogP contribution in [0.25, 0.3) is 10.9 Å². The standard InChI is InChI=1S/C17H18FN3O3.Na.H/c18-13-7-11-14(8-15(13)20-5-3-19-4-6-20)21(10-1-2-10)9-12(16(11)22)17(23)24;;/h7-10,19H,1-6H2,(H,23,24);;/q;+1;-1. The number of aromatic carboxylic acids is 1. The van der Waals surface area contributed by atoms with Crippen molar-refractivity contribution in [1.29, 1.82) is 0 Å². The maximum Gasteiger partial charge on any atom is 1.00 e. The number of nitrogens with one attached hydrogen (secondary N) is 1. The van der Waals surface area contributed by atoms with Crippen LogP contribution in [0.2, 0.25) is 0 Å². The van der Waals surface area contributed by atoms with Gasteiger partial charge in [0.2, 0.25) is 5.43 Å². The number of nitrogens with zero attached hydrogens (tertiary/aromatic N) is 2. The first-order valence-electron chi connectivity index (χ1n) is 8.13. The van der Waals surface area contributed by atoms with Crippen LogP contribution in [0.15, 0.2) is 23.1 Å². The van der Waals surface area contributed by atoms with Gasteiger partial charge in [-0.1, -0.05) is 0 Å². The third-order valence-electron chi connectivity index (χ3n) is 4.73. The Morgan fingerprint density at radius 1 is 1.28 bits per heavy atom. The third kappa shape index (κ3) is 3.33. The fourth-order valence-electron chi connectivity index (χ4n) is 3.31. The van der Waals surface area contributed by atoms with Crippen LogP contribution in [0.5, 0.6) is 0 Å². The van der Waals surface area contributed by atoms with Crippen LogP contribution in [0.4, 0.5) is 10.1 Å². The van der Waals surface area contributed by atoms with Crippen LogP contribution < -0.4 is 45.2 Å². The van der Waals surface area contributed by atoms with Crippen molar-refractivity contribution in [2.45, 2.75) is 18.9 Å². The predicted octanol–water partition coefficient (Wildman–Crippen LogP) is -1.30. The minimum absolute atomic E-state index is 0. The summed E-state index contributed by atoms with van der Waals surface area (Å²) >= 11 is 0. The minimum Gasteiger partial charge on any atom is -1.00 e. The van der Waals surface area contributed by atoms with Gasteiger partial charge in [0.05, 0.1) is 11.2 Å². The molecule has 0 bridgehead atoms. The minimum atomic E-state index is -1.28. The van der Waals surface area contributed by atoms with Gasteiger partial charge in [-0.05, 0) is 25.0 Å². The second kappa shape index (κ2) is 7.07. The molecule has 0 spiro atoms. The van der Waals surface area contributed by atoms with Crippen molar-refractivity contribution < 1.29 is 45.3 Å². The quantitative estimate of drug-likeness (QED) is 0.670. The molecule has 1 saturated heterocycles. The zero-order chi connectivity index (χ0) is 16.8. The normalized spacial score (nSPS) is 17.4. The van der Waals surface area contributed by atoms with Crippen molar-refractivity contribution in [1.82, 2.24) is 9.88 Å². The Bertz CT molecular complexity index is 895. The Labute approximate surface area is 167 Å². The number of halogens is 1. The molecule has 2 fully saturated rings. The zero-order valence-corrected chi connectivity index (χ0v) is 16.1. The fraction of sp³-hybridized carbons (Fsp3) is 0.412. The summed E-state index contributed by atoms with van der Waals surface area (Å²) in [4.78, 5) is 25.7. The van der Waals surface area contributed by atoms with Crippen LogP contribution in [0, 0.1) is 5.82 Å². The number of pyridine rings is 1. The molecule has 2 heterocycles. The van der Waals surface area contributed by atoms with E-state index >= 15 is 0 Å². The van der Waals surface area contributed by atoms with Crippen LogP contribution in [-0.2, 0) is 0 Å². The molecule has 0 atom stereocenters. The summed E-state index contributed by atoms with van der Waals surface area (Å²) in [5.41, 5.74) is 0.159. The Balaban J connectivity index is 0.00000121. The zero-order valence-electron chi connectivity index (χ0n) is 15.1. The molecule has 4 rings (SSSR count). The van der Waals surface area contributed by atoms with Crippen molar-refractivity contribution in [3.8, 4) is 0 Å². The van der Waals surface area contributed by atoms with Gasteiger partial charge in [-0.25, -0.2) is 9.18 Å². The van der Waals surface area contributed by atoms with Crippen molar-refractivity contribution in [2.75, 3.05) is 31.1 Å². The van der Waals surface area contributed by atoms with Gasteiger partial charge in [0.25, 0.3) is 0 Å². The maximum absolute atomic E-state index is 14.6. The average Bonchev–Trinajstić information content (AvgIpc) is 3.40. The third-order valence-corrected chi connectivity index (χ3v) is 4.73. The number of aromatic nitrogens is 1. The molecule has 2 N–H and O–H groups in total. The van der Waals surface area contributed by atoms with E-state index in [-0.39, 0.29) is 48.0 Å². The van der Waals surface area contributed by atoms with Gasteiger partial charge in [0, 0.05) is 43.8 Å². The van der Waals surface area contributed by atoms with Crippen molar-refractivity contribution in [3.05, 3.63) is 39.9 Å². The number of carboxylic acid groups (broad SMARTS) is 1. The number of rotatable bonds is 3. The van der Waals surface area contributed by atoms with E-state index in [4.69, 9.17) is 0 Å². The smallest absolute Gasteiger partial charge is 1.00 e. The number of fused-ring (bicyclic) bond motifs is 1. The van der Waals surface area contributed by atoms with Gasteiger partial charge < -0.3 is 21.3 Å². The van der Waals surface area contributed by atoms with E-state index in [9.17, 15) is 19.1 Å². The van der Waals surface area contributed by atoms with Gasteiger partial charge in [-0.3, -0.25) is 4.79 Å². The van der Waals surface area contributed by atoms with Gasteiger partial charge in [-0.2, -0.15) is 0 Å². The summed E-state index contributed by atoms with van der Waals surface area (Å²) in [6.45, 7) is 2.96. The largest absolute Gasteiger partial charge is 1.00 e. The number of carboxylic acids is 1. The number of piperazine rings is 1. The average molecular weight is 355 g/mol. The Morgan fingerprint density at radius 3 is 2.56 bits per heavy atom. The summed E-state index contributed by atoms with van der Waals surface area (Å²) in [5, 5.41) is 12.6. The van der Waals surface area contributed by atoms with Crippen LogP contribution in [0.1, 0.15) is 30.7 Å². The number of hydrogen-bond donors (Lipinski definition) is 2. The molecule has 2 aromatic rings. The summed E-state index contributed by atoms with van der Waals surface area (Å²) < 4.78 is 16.4.